The highest BCUT2D eigenvalue weighted by Gasteiger charge is 2.38. The molecular formula is C28H33N3O4S. The van der Waals surface area contributed by atoms with E-state index in [-0.39, 0.29) is 23.1 Å². The van der Waals surface area contributed by atoms with Gasteiger partial charge in [0.05, 0.1) is 5.92 Å². The van der Waals surface area contributed by atoms with Crippen molar-refractivity contribution >= 4 is 33.8 Å². The number of aryl methyl sites for hydroxylation is 3. The Morgan fingerprint density at radius 3 is 2.56 bits per heavy atom. The lowest BCUT2D eigenvalue weighted by Crippen LogP contribution is -2.47. The zero-order valence-electron chi connectivity index (χ0n) is 21.3. The highest BCUT2D eigenvalue weighted by atomic mass is 32.2. The molecule has 2 heterocycles. The van der Waals surface area contributed by atoms with Crippen molar-refractivity contribution in [3.8, 4) is 0 Å². The summed E-state index contributed by atoms with van der Waals surface area (Å²) in [4.78, 5) is 15.3. The van der Waals surface area contributed by atoms with Crippen molar-refractivity contribution in [2.45, 2.75) is 45.4 Å². The predicted octanol–water partition coefficient (Wildman–Crippen LogP) is 5.22. The van der Waals surface area contributed by atoms with Gasteiger partial charge in [0, 0.05) is 25.3 Å². The van der Waals surface area contributed by atoms with Gasteiger partial charge in [0.1, 0.15) is 5.69 Å². The molecule has 0 bridgehead atoms. The average molecular weight is 508 g/mol. The number of aromatic nitrogens is 1. The van der Waals surface area contributed by atoms with Crippen LogP contribution in [0.15, 0.2) is 57.9 Å². The Bertz CT molecular complexity index is 1360. The van der Waals surface area contributed by atoms with Gasteiger partial charge < -0.3 is 9.42 Å². The van der Waals surface area contributed by atoms with E-state index >= 15 is 0 Å². The Balaban J connectivity index is 1.57. The number of benzene rings is 2. The summed E-state index contributed by atoms with van der Waals surface area (Å²) < 4.78 is 34.3. The van der Waals surface area contributed by atoms with Gasteiger partial charge in [0.25, 0.3) is 0 Å². The fraction of sp³-hybridized carbons (Fsp3) is 0.357. The number of hydrogen-bond donors (Lipinski definition) is 0. The zero-order chi connectivity index (χ0) is 25.9. The molecule has 1 aromatic heterocycles. The highest BCUT2D eigenvalue weighted by Crippen LogP contribution is 2.30. The van der Waals surface area contributed by atoms with Crippen LogP contribution in [0.2, 0.25) is 0 Å². The molecule has 0 N–H and O–H groups in total. The molecule has 7 nitrogen and oxygen atoms in total. The van der Waals surface area contributed by atoms with Crippen molar-refractivity contribution in [3.63, 3.8) is 0 Å². The number of sulfonamides is 1. The first-order valence-corrected chi connectivity index (χ1v) is 13.7. The van der Waals surface area contributed by atoms with E-state index in [0.717, 1.165) is 22.4 Å². The third kappa shape index (κ3) is 5.44. The second-order valence-corrected chi connectivity index (χ2v) is 11.2. The molecule has 0 saturated carbocycles. The lowest BCUT2D eigenvalue weighted by atomic mass is 9.97. The molecule has 1 aliphatic rings. The van der Waals surface area contributed by atoms with Crippen molar-refractivity contribution in [3.05, 3.63) is 76.7 Å². The average Bonchev–Trinajstić information content (AvgIpc) is 3.25. The highest BCUT2D eigenvalue weighted by molar-refractivity contribution is 7.89. The van der Waals surface area contributed by atoms with E-state index in [0.29, 0.717) is 31.6 Å². The summed E-state index contributed by atoms with van der Waals surface area (Å²) in [6.07, 6.45) is 4.71. The number of amides is 1. The fourth-order valence-electron chi connectivity index (χ4n) is 4.62. The smallest absolute Gasteiger partial charge is 0.248 e. The predicted molar refractivity (Wildman–Crippen MR) is 142 cm³/mol. The molecule has 1 aliphatic heterocycles. The number of carbonyl (C=O) groups is 1. The van der Waals surface area contributed by atoms with Gasteiger partial charge in [-0.2, -0.15) is 4.31 Å². The second kappa shape index (κ2) is 10.8. The summed E-state index contributed by atoms with van der Waals surface area (Å²) in [7, 11) is -3.91. The second-order valence-electron chi connectivity index (χ2n) is 9.33. The van der Waals surface area contributed by atoms with Crippen molar-refractivity contribution in [2.24, 2.45) is 5.92 Å². The molecule has 0 aliphatic carbocycles. The van der Waals surface area contributed by atoms with Gasteiger partial charge in [-0.1, -0.05) is 53.2 Å². The number of carbonyl (C=O) groups excluding carboxylic acids is 1. The molecule has 3 aromatic rings. The minimum Gasteiger partial charge on any atom is -0.355 e. The first-order valence-electron chi connectivity index (χ1n) is 12.3. The van der Waals surface area contributed by atoms with Crippen LogP contribution in [0.3, 0.4) is 0 Å². The van der Waals surface area contributed by atoms with Crippen LogP contribution in [0.1, 0.15) is 47.9 Å². The molecule has 8 heteroatoms. The maximum atomic E-state index is 13.7. The summed E-state index contributed by atoms with van der Waals surface area (Å²) in [6.45, 7) is 8.57. The quantitative estimate of drug-likeness (QED) is 0.438. The van der Waals surface area contributed by atoms with Gasteiger partial charge in [-0.25, -0.2) is 8.42 Å². The van der Waals surface area contributed by atoms with Crippen LogP contribution in [0.5, 0.6) is 0 Å². The molecular weight excluding hydrogens is 474 g/mol. The molecule has 1 fully saturated rings. The van der Waals surface area contributed by atoms with E-state index in [1.54, 1.807) is 17.9 Å². The summed E-state index contributed by atoms with van der Waals surface area (Å²) >= 11 is 0. The lowest BCUT2D eigenvalue weighted by Gasteiger charge is -2.34. The summed E-state index contributed by atoms with van der Waals surface area (Å²) in [6, 6.07) is 15.7. The van der Waals surface area contributed by atoms with Crippen molar-refractivity contribution in [2.75, 3.05) is 24.5 Å². The molecule has 190 valence electrons. The van der Waals surface area contributed by atoms with Gasteiger partial charge in [-0.3, -0.25) is 4.79 Å². The zero-order valence-corrected chi connectivity index (χ0v) is 22.1. The third-order valence-corrected chi connectivity index (χ3v) is 8.59. The van der Waals surface area contributed by atoms with Crippen molar-refractivity contribution in [1.29, 1.82) is 0 Å². The first kappa shape index (κ1) is 25.9. The number of hydrogen-bond acceptors (Lipinski definition) is 5. The van der Waals surface area contributed by atoms with Gasteiger partial charge in [0.15, 0.2) is 10.7 Å². The topological polar surface area (TPSA) is 83.7 Å². The van der Waals surface area contributed by atoms with E-state index in [1.807, 2.05) is 75.4 Å². The largest absolute Gasteiger partial charge is 0.355 e. The van der Waals surface area contributed by atoms with Crippen molar-refractivity contribution in [1.82, 2.24) is 9.46 Å². The third-order valence-electron chi connectivity index (χ3n) is 6.56. The van der Waals surface area contributed by atoms with Crippen LogP contribution in [0, 0.1) is 26.7 Å². The van der Waals surface area contributed by atoms with E-state index in [2.05, 4.69) is 5.16 Å². The van der Waals surface area contributed by atoms with Crippen molar-refractivity contribution < 1.29 is 17.7 Å². The monoisotopic (exact) mass is 507 g/mol. The number of rotatable bonds is 7. The molecule has 1 saturated heterocycles. The Morgan fingerprint density at radius 2 is 1.86 bits per heavy atom. The normalized spacial score (nSPS) is 16.9. The molecule has 2 aromatic carbocycles. The Kier molecular flexibility index (Phi) is 7.76. The Morgan fingerprint density at radius 1 is 1.11 bits per heavy atom. The van der Waals surface area contributed by atoms with Gasteiger partial charge in [0.2, 0.25) is 15.9 Å². The van der Waals surface area contributed by atoms with E-state index in [9.17, 15) is 13.2 Å². The Labute approximate surface area is 213 Å². The fourth-order valence-corrected chi connectivity index (χ4v) is 6.40. The maximum Gasteiger partial charge on any atom is 0.248 e. The van der Waals surface area contributed by atoms with Crippen LogP contribution in [-0.2, 0) is 14.8 Å². The van der Waals surface area contributed by atoms with Gasteiger partial charge >= 0.3 is 0 Å². The van der Waals surface area contributed by atoms with Crippen LogP contribution < -0.4 is 4.90 Å². The summed E-state index contributed by atoms with van der Waals surface area (Å²) in [5, 5.41) is 3.94. The standard InChI is InChI=1S/C28H33N3O4S/c1-5-31(25-10-6-8-21(3)18-25)28(32)24-9-7-17-30(19-24)36(33,34)27-22(4)29-35-26(27)16-15-23-13-11-20(2)12-14-23/h6,8,10-16,18,24H,5,7,9,17,19H2,1-4H3/b16-15+. The Hall–Kier alpha value is -3.23. The first-order chi connectivity index (χ1) is 17.2. The molecule has 36 heavy (non-hydrogen) atoms. The summed E-state index contributed by atoms with van der Waals surface area (Å²) in [5.74, 6) is -0.276. The molecule has 4 rings (SSSR count). The molecule has 1 unspecified atom stereocenters. The van der Waals surface area contributed by atoms with Crippen LogP contribution in [0.4, 0.5) is 5.69 Å². The molecule has 1 atom stereocenters. The SMILES string of the molecule is CCN(C(=O)C1CCCN(S(=O)(=O)c2c(C)noc2/C=C/c2ccc(C)cc2)C1)c1cccc(C)c1. The van der Waals surface area contributed by atoms with E-state index < -0.39 is 15.9 Å². The lowest BCUT2D eigenvalue weighted by molar-refractivity contribution is -0.123. The van der Waals surface area contributed by atoms with E-state index in [1.165, 1.54) is 4.31 Å². The van der Waals surface area contributed by atoms with Crippen LogP contribution in [-0.4, -0.2) is 43.4 Å². The minimum atomic E-state index is -3.91. The maximum absolute atomic E-state index is 13.7. The van der Waals surface area contributed by atoms with Crippen LogP contribution in [0.25, 0.3) is 12.2 Å². The molecule has 0 spiro atoms. The molecule has 0 radical (unpaired) electrons. The number of anilines is 1. The van der Waals surface area contributed by atoms with Gasteiger partial charge in [-0.15, -0.1) is 0 Å². The minimum absolute atomic E-state index is 0.0514. The number of nitrogens with zero attached hydrogens (tertiary/aromatic N) is 3. The summed E-state index contributed by atoms with van der Waals surface area (Å²) in [5.41, 5.74) is 4.28. The van der Waals surface area contributed by atoms with E-state index in [4.69, 9.17) is 4.52 Å². The number of piperidine rings is 1. The molecule has 1 amide bonds. The van der Waals surface area contributed by atoms with Gasteiger partial charge in [-0.05, 0) is 69.9 Å². The van der Waals surface area contributed by atoms with Crippen LogP contribution >= 0.6 is 0 Å².